The molecule has 7 heteroatoms. The van der Waals surface area contributed by atoms with Gasteiger partial charge in [0.15, 0.2) is 0 Å². The van der Waals surface area contributed by atoms with Crippen LogP contribution in [0.5, 0.6) is 0 Å². The summed E-state index contributed by atoms with van der Waals surface area (Å²) in [6.07, 6.45) is 3.31. The minimum atomic E-state index is -0.392. The molecule has 1 N–H and O–H groups in total. The average Bonchev–Trinajstić information content (AvgIpc) is 2.59. The highest BCUT2D eigenvalue weighted by Gasteiger charge is 2.26. The lowest BCUT2D eigenvalue weighted by Crippen LogP contribution is -2.52. The molecule has 0 spiro atoms. The third kappa shape index (κ3) is 3.88. The normalized spacial score (nSPS) is 22.7. The Morgan fingerprint density at radius 3 is 2.80 bits per heavy atom. The summed E-state index contributed by atoms with van der Waals surface area (Å²) in [6, 6.07) is 5.42. The molecular formula is C18H24N4O3. The van der Waals surface area contributed by atoms with Gasteiger partial charge < -0.3 is 10.1 Å². The molecule has 1 aliphatic heterocycles. The van der Waals surface area contributed by atoms with Crippen LogP contribution in [0.25, 0.3) is 5.65 Å². The van der Waals surface area contributed by atoms with E-state index in [2.05, 4.69) is 36.0 Å². The van der Waals surface area contributed by atoms with E-state index in [4.69, 9.17) is 4.74 Å². The molecule has 0 radical (unpaired) electrons. The summed E-state index contributed by atoms with van der Waals surface area (Å²) >= 11 is 0. The molecule has 0 saturated carbocycles. The van der Waals surface area contributed by atoms with Crippen LogP contribution in [-0.4, -0.2) is 58.1 Å². The zero-order chi connectivity index (χ0) is 18.0. The van der Waals surface area contributed by atoms with E-state index in [9.17, 15) is 9.59 Å². The lowest BCUT2D eigenvalue weighted by molar-refractivity contribution is -0.0778. The maximum atomic E-state index is 12.4. The van der Waals surface area contributed by atoms with E-state index in [0.29, 0.717) is 12.2 Å². The summed E-state index contributed by atoms with van der Waals surface area (Å²) in [6.45, 7) is 8.31. The second kappa shape index (κ2) is 7.33. The van der Waals surface area contributed by atoms with Crippen LogP contribution in [0.1, 0.15) is 31.1 Å². The van der Waals surface area contributed by atoms with E-state index in [1.807, 2.05) is 0 Å². The number of rotatable bonds is 4. The van der Waals surface area contributed by atoms with E-state index in [1.165, 1.54) is 10.6 Å². The van der Waals surface area contributed by atoms with Gasteiger partial charge in [-0.15, -0.1) is 0 Å². The zero-order valence-corrected chi connectivity index (χ0v) is 14.8. The molecule has 0 aromatic carbocycles. The summed E-state index contributed by atoms with van der Waals surface area (Å²) in [4.78, 5) is 31.3. The molecule has 2 aromatic rings. The van der Waals surface area contributed by atoms with E-state index in [-0.39, 0.29) is 29.4 Å². The van der Waals surface area contributed by atoms with Crippen LogP contribution in [0.2, 0.25) is 0 Å². The summed E-state index contributed by atoms with van der Waals surface area (Å²) in [7, 11) is 0. The minimum Gasteiger partial charge on any atom is -0.373 e. The van der Waals surface area contributed by atoms with Gasteiger partial charge in [-0.3, -0.25) is 18.9 Å². The topological polar surface area (TPSA) is 75.9 Å². The van der Waals surface area contributed by atoms with Gasteiger partial charge in [-0.1, -0.05) is 6.07 Å². The number of ether oxygens (including phenoxy) is 1. The minimum absolute atomic E-state index is 0.0552. The number of fused-ring (bicyclic) bond motifs is 1. The van der Waals surface area contributed by atoms with Crippen molar-refractivity contribution in [3.05, 3.63) is 46.5 Å². The van der Waals surface area contributed by atoms with Crippen LogP contribution in [0.15, 0.2) is 35.4 Å². The van der Waals surface area contributed by atoms with Crippen LogP contribution >= 0.6 is 0 Å². The third-order valence-corrected chi connectivity index (χ3v) is 4.49. The van der Waals surface area contributed by atoms with E-state index < -0.39 is 5.91 Å². The second-order valence-corrected chi connectivity index (χ2v) is 6.68. The van der Waals surface area contributed by atoms with Crippen molar-refractivity contribution >= 4 is 11.6 Å². The van der Waals surface area contributed by atoms with Gasteiger partial charge in [0.05, 0.1) is 12.2 Å². The van der Waals surface area contributed by atoms with Crippen molar-refractivity contribution in [1.29, 1.82) is 0 Å². The van der Waals surface area contributed by atoms with Gasteiger partial charge in [0.25, 0.3) is 11.5 Å². The van der Waals surface area contributed by atoms with Gasteiger partial charge in [0.1, 0.15) is 11.2 Å². The highest BCUT2D eigenvalue weighted by atomic mass is 16.5. The Morgan fingerprint density at radius 1 is 1.36 bits per heavy atom. The lowest BCUT2D eigenvalue weighted by atomic mass is 10.1. The van der Waals surface area contributed by atoms with E-state index >= 15 is 0 Å². The molecule has 0 aliphatic carbocycles. The Balaban J connectivity index is 1.66. The lowest BCUT2D eigenvalue weighted by Gasteiger charge is -2.38. The monoisotopic (exact) mass is 344 g/mol. The van der Waals surface area contributed by atoms with Gasteiger partial charge in [0, 0.05) is 38.1 Å². The van der Waals surface area contributed by atoms with E-state index in [1.54, 1.807) is 24.4 Å². The Morgan fingerprint density at radius 2 is 2.08 bits per heavy atom. The fourth-order valence-electron chi connectivity index (χ4n) is 3.22. The first-order valence-electron chi connectivity index (χ1n) is 8.60. The molecule has 1 fully saturated rings. The number of nitrogens with zero attached hydrogens (tertiary/aromatic N) is 3. The standard InChI is InChI=1S/C18H24N4O3/c1-12(21-10-13(2)25-14(3)11-21)8-20-17(23)15-9-19-16-6-4-5-7-22(16)18(15)24/h4-7,9,12-14H,8,10-11H2,1-3H3,(H,20,23)/t12-,13-,14+/m0/s1. The molecule has 134 valence electrons. The molecule has 25 heavy (non-hydrogen) atoms. The van der Waals surface area contributed by atoms with Crippen LogP contribution in [0, 0.1) is 0 Å². The molecule has 7 nitrogen and oxygen atoms in total. The largest absolute Gasteiger partial charge is 0.373 e. The van der Waals surface area contributed by atoms with Crippen molar-refractivity contribution in [2.75, 3.05) is 19.6 Å². The Bertz CT molecular complexity index is 809. The van der Waals surface area contributed by atoms with Gasteiger partial charge in [-0.2, -0.15) is 0 Å². The summed E-state index contributed by atoms with van der Waals surface area (Å²) < 4.78 is 7.12. The maximum Gasteiger partial charge on any atom is 0.270 e. The van der Waals surface area contributed by atoms with Crippen molar-refractivity contribution in [1.82, 2.24) is 19.6 Å². The van der Waals surface area contributed by atoms with Crippen LogP contribution in [0.4, 0.5) is 0 Å². The molecule has 2 aromatic heterocycles. The Hall–Kier alpha value is -2.25. The number of morpholine rings is 1. The van der Waals surface area contributed by atoms with Crippen LogP contribution in [-0.2, 0) is 4.74 Å². The molecule has 3 rings (SSSR count). The summed E-state index contributed by atoms with van der Waals surface area (Å²) in [5, 5.41) is 2.86. The molecule has 3 atom stereocenters. The zero-order valence-electron chi connectivity index (χ0n) is 14.8. The number of carbonyl (C=O) groups excluding carboxylic acids is 1. The van der Waals surface area contributed by atoms with Crippen molar-refractivity contribution in [3.63, 3.8) is 0 Å². The van der Waals surface area contributed by atoms with E-state index in [0.717, 1.165) is 13.1 Å². The molecule has 0 bridgehead atoms. The summed E-state index contributed by atoms with van der Waals surface area (Å²) in [5.74, 6) is -0.392. The number of amides is 1. The molecule has 1 saturated heterocycles. The molecule has 0 unspecified atom stereocenters. The van der Waals surface area contributed by atoms with Crippen LogP contribution in [0.3, 0.4) is 0 Å². The Kier molecular flexibility index (Phi) is 5.15. The van der Waals surface area contributed by atoms with Crippen molar-refractivity contribution in [2.24, 2.45) is 0 Å². The van der Waals surface area contributed by atoms with Crippen molar-refractivity contribution < 1.29 is 9.53 Å². The molecule has 1 amide bonds. The molecule has 3 heterocycles. The Labute approximate surface area is 146 Å². The first kappa shape index (κ1) is 17.6. The highest BCUT2D eigenvalue weighted by Crippen LogP contribution is 2.13. The predicted octanol–water partition coefficient (Wildman–Crippen LogP) is 0.922. The highest BCUT2D eigenvalue weighted by molar-refractivity contribution is 5.93. The number of pyridine rings is 1. The molecule has 1 aliphatic rings. The second-order valence-electron chi connectivity index (χ2n) is 6.68. The number of hydrogen-bond acceptors (Lipinski definition) is 5. The number of nitrogens with one attached hydrogen (secondary N) is 1. The van der Waals surface area contributed by atoms with Gasteiger partial charge in [-0.05, 0) is 32.9 Å². The number of aromatic nitrogens is 2. The maximum absolute atomic E-state index is 12.4. The predicted molar refractivity (Wildman–Crippen MR) is 94.8 cm³/mol. The third-order valence-electron chi connectivity index (χ3n) is 4.49. The SMILES string of the molecule is C[C@@H]1CN([C@@H](C)CNC(=O)c2cnc3ccccn3c2=O)C[C@H](C)O1. The number of hydrogen-bond donors (Lipinski definition) is 1. The fraction of sp³-hybridized carbons (Fsp3) is 0.500. The first-order valence-corrected chi connectivity index (χ1v) is 8.60. The van der Waals surface area contributed by atoms with Crippen LogP contribution < -0.4 is 10.9 Å². The van der Waals surface area contributed by atoms with Crippen molar-refractivity contribution in [2.45, 2.75) is 39.0 Å². The first-order chi connectivity index (χ1) is 12.0. The van der Waals surface area contributed by atoms with Gasteiger partial charge in [-0.25, -0.2) is 4.98 Å². The summed E-state index contributed by atoms with van der Waals surface area (Å²) in [5.41, 5.74) is 0.220. The quantitative estimate of drug-likeness (QED) is 0.893. The van der Waals surface area contributed by atoms with Gasteiger partial charge >= 0.3 is 0 Å². The van der Waals surface area contributed by atoms with Gasteiger partial charge in [0.2, 0.25) is 0 Å². The smallest absolute Gasteiger partial charge is 0.270 e. The number of carbonyl (C=O) groups is 1. The fourth-order valence-corrected chi connectivity index (χ4v) is 3.22. The average molecular weight is 344 g/mol. The molecular weight excluding hydrogens is 320 g/mol. The van der Waals surface area contributed by atoms with Crippen molar-refractivity contribution in [3.8, 4) is 0 Å².